The Morgan fingerprint density at radius 2 is 1.77 bits per heavy atom. The van der Waals surface area contributed by atoms with Crippen molar-refractivity contribution in [3.63, 3.8) is 0 Å². The van der Waals surface area contributed by atoms with Gasteiger partial charge in [0.05, 0.1) is 24.7 Å². The number of likely N-dealkylation sites (N-methyl/N-ethyl adjacent to an activating group) is 1. The summed E-state index contributed by atoms with van der Waals surface area (Å²) in [4.78, 5) is 35.8. The zero-order valence-corrected chi connectivity index (χ0v) is 17.1. The third kappa shape index (κ3) is 3.63. The Balaban J connectivity index is 1.54. The van der Waals surface area contributed by atoms with Crippen LogP contribution in [0.1, 0.15) is 0 Å². The molecule has 0 atom stereocenters. The molecule has 9 nitrogen and oxygen atoms in total. The molecular formula is C21H25N5O4. The normalized spacial score (nSPS) is 16.6. The number of carbonyl (C=O) groups is 2. The van der Waals surface area contributed by atoms with E-state index in [0.717, 1.165) is 22.7 Å². The van der Waals surface area contributed by atoms with Crippen LogP contribution in [0.4, 0.5) is 22.7 Å². The number of pyridine rings is 1. The minimum atomic E-state index is -0.444. The third-order valence-electron chi connectivity index (χ3n) is 5.66. The number of nitrogens with zero attached hydrogens (tertiary/aromatic N) is 5. The lowest BCUT2D eigenvalue weighted by molar-refractivity contribution is -0.134. The van der Waals surface area contributed by atoms with Gasteiger partial charge in [0.1, 0.15) is 13.2 Å². The highest BCUT2D eigenvalue weighted by atomic mass is 16.5. The summed E-state index contributed by atoms with van der Waals surface area (Å²) in [5, 5.41) is 9.01. The molecule has 0 radical (unpaired) electrons. The van der Waals surface area contributed by atoms with Gasteiger partial charge in [-0.3, -0.25) is 9.59 Å². The smallest absolute Gasteiger partial charge is 0.248 e. The molecule has 1 saturated heterocycles. The van der Waals surface area contributed by atoms with E-state index < -0.39 is 6.61 Å². The van der Waals surface area contributed by atoms with Crippen LogP contribution in [-0.4, -0.2) is 80.3 Å². The molecule has 0 bridgehead atoms. The molecule has 0 aliphatic carbocycles. The number of aliphatic hydroxyl groups is 1. The highest BCUT2D eigenvalue weighted by molar-refractivity contribution is 6.04. The van der Waals surface area contributed by atoms with Crippen molar-refractivity contribution in [3.8, 4) is 5.88 Å². The number of benzene rings is 1. The van der Waals surface area contributed by atoms with Crippen molar-refractivity contribution in [1.82, 2.24) is 9.88 Å². The van der Waals surface area contributed by atoms with E-state index in [-0.39, 0.29) is 18.4 Å². The minimum absolute atomic E-state index is 0.0109. The van der Waals surface area contributed by atoms with Gasteiger partial charge in [0.15, 0.2) is 0 Å². The first-order valence-electron chi connectivity index (χ1n) is 9.83. The molecule has 3 heterocycles. The van der Waals surface area contributed by atoms with Gasteiger partial charge in [-0.1, -0.05) is 0 Å². The van der Waals surface area contributed by atoms with E-state index in [1.807, 2.05) is 35.2 Å². The lowest BCUT2D eigenvalue weighted by Crippen LogP contribution is -2.49. The molecule has 2 amide bonds. The SMILES string of the molecule is COc1cc2c(cn1)N(C)C(=O)CN2c1ccc(N2CCN(C(=O)CO)CC2)cc1. The van der Waals surface area contributed by atoms with Gasteiger partial charge in [-0.05, 0) is 24.3 Å². The standard InChI is InChI=1S/C21H25N5O4/c1-23-18-12-22-19(30-2)11-17(18)26(13-20(23)28)16-5-3-15(4-6-16)24-7-9-25(10-8-24)21(29)14-27/h3-6,11-12,27H,7-10,13-14H2,1-2H3. The monoisotopic (exact) mass is 411 g/mol. The number of aromatic nitrogens is 1. The van der Waals surface area contributed by atoms with Crippen LogP contribution < -0.4 is 19.4 Å². The van der Waals surface area contributed by atoms with Crippen LogP contribution in [0.5, 0.6) is 5.88 Å². The second-order valence-electron chi connectivity index (χ2n) is 7.30. The Bertz CT molecular complexity index is 941. The van der Waals surface area contributed by atoms with Crippen LogP contribution in [0.25, 0.3) is 0 Å². The van der Waals surface area contributed by atoms with Crippen LogP contribution in [0.15, 0.2) is 36.5 Å². The van der Waals surface area contributed by atoms with Crippen LogP contribution in [0.2, 0.25) is 0 Å². The van der Waals surface area contributed by atoms with E-state index in [0.29, 0.717) is 32.1 Å². The molecule has 2 aliphatic heterocycles. The maximum atomic E-state index is 12.5. The lowest BCUT2D eigenvalue weighted by atomic mass is 10.1. The summed E-state index contributed by atoms with van der Waals surface area (Å²) in [5.41, 5.74) is 3.57. The summed E-state index contributed by atoms with van der Waals surface area (Å²) in [5.74, 6) is 0.255. The molecule has 158 valence electrons. The van der Waals surface area contributed by atoms with Gasteiger partial charge in [0.25, 0.3) is 0 Å². The van der Waals surface area contributed by atoms with Gasteiger partial charge in [-0.2, -0.15) is 0 Å². The molecule has 1 aromatic heterocycles. The molecule has 9 heteroatoms. The number of methoxy groups -OCH3 is 1. The molecule has 2 aliphatic rings. The lowest BCUT2D eigenvalue weighted by Gasteiger charge is -2.37. The fourth-order valence-electron chi connectivity index (χ4n) is 3.85. The number of piperazine rings is 1. The second-order valence-corrected chi connectivity index (χ2v) is 7.30. The number of hydrogen-bond donors (Lipinski definition) is 1. The molecule has 2 aromatic rings. The highest BCUT2D eigenvalue weighted by Gasteiger charge is 2.29. The van der Waals surface area contributed by atoms with Crippen molar-refractivity contribution in [1.29, 1.82) is 0 Å². The molecule has 0 unspecified atom stereocenters. The first kappa shape index (κ1) is 20.0. The minimum Gasteiger partial charge on any atom is -0.481 e. The summed E-state index contributed by atoms with van der Waals surface area (Å²) in [6.07, 6.45) is 1.65. The maximum absolute atomic E-state index is 12.5. The van der Waals surface area contributed by atoms with E-state index in [1.54, 1.807) is 30.2 Å². The van der Waals surface area contributed by atoms with Crippen LogP contribution in [0.3, 0.4) is 0 Å². The Kier molecular flexibility index (Phi) is 5.45. The van der Waals surface area contributed by atoms with E-state index in [1.165, 1.54) is 0 Å². The Morgan fingerprint density at radius 1 is 1.10 bits per heavy atom. The van der Waals surface area contributed by atoms with E-state index >= 15 is 0 Å². The number of anilines is 4. The summed E-state index contributed by atoms with van der Waals surface area (Å²) < 4.78 is 5.27. The second kappa shape index (κ2) is 8.19. The van der Waals surface area contributed by atoms with Crippen molar-refractivity contribution in [2.45, 2.75) is 0 Å². The van der Waals surface area contributed by atoms with Gasteiger partial charge in [0.2, 0.25) is 17.7 Å². The third-order valence-corrected chi connectivity index (χ3v) is 5.66. The van der Waals surface area contributed by atoms with Gasteiger partial charge in [-0.15, -0.1) is 0 Å². The van der Waals surface area contributed by atoms with E-state index in [4.69, 9.17) is 9.84 Å². The predicted molar refractivity (Wildman–Crippen MR) is 114 cm³/mol. The van der Waals surface area contributed by atoms with Crippen molar-refractivity contribution in [2.24, 2.45) is 0 Å². The van der Waals surface area contributed by atoms with Gasteiger partial charge < -0.3 is 29.4 Å². The summed E-state index contributed by atoms with van der Waals surface area (Å²) in [7, 11) is 3.32. The van der Waals surface area contributed by atoms with E-state index in [2.05, 4.69) is 9.88 Å². The molecule has 30 heavy (non-hydrogen) atoms. The molecule has 0 spiro atoms. The first-order valence-corrected chi connectivity index (χ1v) is 9.83. The predicted octanol–water partition coefficient (Wildman–Crippen LogP) is 0.846. The molecule has 4 rings (SSSR count). The Hall–Kier alpha value is -3.33. The van der Waals surface area contributed by atoms with Crippen LogP contribution in [0, 0.1) is 0 Å². The van der Waals surface area contributed by atoms with Crippen LogP contribution >= 0.6 is 0 Å². The van der Waals surface area contributed by atoms with E-state index in [9.17, 15) is 9.59 Å². The molecular weight excluding hydrogens is 386 g/mol. The van der Waals surface area contributed by atoms with Crippen molar-refractivity contribution >= 4 is 34.6 Å². The number of aliphatic hydroxyl groups excluding tert-OH is 1. The van der Waals surface area contributed by atoms with Crippen LogP contribution in [-0.2, 0) is 9.59 Å². The van der Waals surface area contributed by atoms with Gasteiger partial charge in [0, 0.05) is 50.7 Å². The highest BCUT2D eigenvalue weighted by Crippen LogP contribution is 2.39. The Morgan fingerprint density at radius 3 is 2.40 bits per heavy atom. The maximum Gasteiger partial charge on any atom is 0.248 e. The molecule has 0 saturated carbocycles. The number of rotatable bonds is 4. The number of fused-ring (bicyclic) bond motifs is 1. The number of carbonyl (C=O) groups excluding carboxylic acids is 2. The van der Waals surface area contributed by atoms with Crippen molar-refractivity contribution in [3.05, 3.63) is 36.5 Å². The van der Waals surface area contributed by atoms with Crippen molar-refractivity contribution < 1.29 is 19.4 Å². The zero-order chi connectivity index (χ0) is 21.3. The van der Waals surface area contributed by atoms with Gasteiger partial charge >= 0.3 is 0 Å². The first-order chi connectivity index (χ1) is 14.5. The number of hydrogen-bond acceptors (Lipinski definition) is 7. The molecule has 1 fully saturated rings. The zero-order valence-electron chi connectivity index (χ0n) is 17.1. The van der Waals surface area contributed by atoms with Crippen molar-refractivity contribution in [2.75, 3.05) is 68.2 Å². The average molecular weight is 411 g/mol. The summed E-state index contributed by atoms with van der Waals surface area (Å²) in [6.45, 7) is 2.40. The number of amides is 2. The average Bonchev–Trinajstić information content (AvgIpc) is 2.80. The topological polar surface area (TPSA) is 89.5 Å². The quantitative estimate of drug-likeness (QED) is 0.798. The summed E-state index contributed by atoms with van der Waals surface area (Å²) in [6, 6.07) is 9.88. The molecule has 1 N–H and O–H groups in total. The number of ether oxygens (including phenoxy) is 1. The largest absolute Gasteiger partial charge is 0.481 e. The fourth-order valence-corrected chi connectivity index (χ4v) is 3.85. The molecule has 1 aromatic carbocycles. The van der Waals surface area contributed by atoms with Gasteiger partial charge in [-0.25, -0.2) is 4.98 Å². The fraction of sp³-hybridized carbons (Fsp3) is 0.381. The summed E-state index contributed by atoms with van der Waals surface area (Å²) >= 11 is 0. The Labute approximate surface area is 175 Å².